The zero-order valence-corrected chi connectivity index (χ0v) is 14.0. The molecule has 0 radical (unpaired) electrons. The molecule has 0 amide bonds. The molecule has 1 heterocycles. The highest BCUT2D eigenvalue weighted by molar-refractivity contribution is 5.53. The number of rotatable bonds is 9. The first-order valence-electron chi connectivity index (χ1n) is 8.41. The maximum absolute atomic E-state index is 9.91. The van der Waals surface area contributed by atoms with Gasteiger partial charge < -0.3 is 5.11 Å². The Labute approximate surface area is 142 Å². The van der Waals surface area contributed by atoms with Crippen LogP contribution in [0.3, 0.4) is 0 Å². The number of benzene rings is 1. The second kappa shape index (κ2) is 9.46. The van der Waals surface area contributed by atoms with Gasteiger partial charge in [0.1, 0.15) is 23.1 Å². The van der Waals surface area contributed by atoms with Crippen molar-refractivity contribution < 1.29 is 5.11 Å². The minimum atomic E-state index is 0.0727. The average molecular weight is 325 g/mol. The zero-order valence-electron chi connectivity index (χ0n) is 14.0. The van der Waals surface area contributed by atoms with Crippen molar-refractivity contribution in [1.82, 2.24) is 10.2 Å². The highest BCUT2D eigenvalue weighted by Gasteiger charge is 2.05. The standard InChI is InChI=1S/C18H23N5O/c1-2-3-4-5-6-7-8-14-9-10-17(24)16(11-14)21-23-18-15(12-19)13-20-22-18/h9-11,13,24H,2-8H2,1H3,(H,20,22)/b23-21+. The number of hydrogen-bond donors (Lipinski definition) is 2. The third-order valence-corrected chi connectivity index (χ3v) is 3.86. The van der Waals surface area contributed by atoms with Crippen LogP contribution in [0, 0.1) is 11.3 Å². The van der Waals surface area contributed by atoms with E-state index in [1.807, 2.05) is 18.2 Å². The van der Waals surface area contributed by atoms with Crippen LogP contribution in [0.4, 0.5) is 11.5 Å². The minimum Gasteiger partial charge on any atom is -0.506 e. The molecule has 1 aromatic heterocycles. The van der Waals surface area contributed by atoms with E-state index in [0.29, 0.717) is 17.1 Å². The summed E-state index contributed by atoms with van der Waals surface area (Å²) in [6.45, 7) is 2.22. The van der Waals surface area contributed by atoms with Crippen molar-refractivity contribution in [3.63, 3.8) is 0 Å². The molecule has 0 bridgehead atoms. The molecule has 0 unspecified atom stereocenters. The third kappa shape index (κ3) is 5.20. The Morgan fingerprint density at radius 3 is 2.75 bits per heavy atom. The van der Waals surface area contributed by atoms with Crippen molar-refractivity contribution in [2.45, 2.75) is 51.9 Å². The second-order valence-corrected chi connectivity index (χ2v) is 5.78. The Bertz CT molecular complexity index is 714. The predicted octanol–water partition coefficient (Wildman–Crippen LogP) is 5.31. The molecular weight excluding hydrogens is 302 g/mol. The van der Waals surface area contributed by atoms with Gasteiger partial charge in [0.15, 0.2) is 5.82 Å². The van der Waals surface area contributed by atoms with Crippen molar-refractivity contribution in [2.75, 3.05) is 0 Å². The molecule has 0 aliphatic carbocycles. The molecule has 1 aromatic carbocycles. The van der Waals surface area contributed by atoms with Gasteiger partial charge in [-0.05, 0) is 30.5 Å². The Morgan fingerprint density at radius 2 is 1.96 bits per heavy atom. The van der Waals surface area contributed by atoms with Crippen LogP contribution in [0.15, 0.2) is 34.6 Å². The smallest absolute Gasteiger partial charge is 0.188 e. The number of azo groups is 1. The number of aromatic hydroxyl groups is 1. The number of aromatic nitrogens is 2. The summed E-state index contributed by atoms with van der Waals surface area (Å²) >= 11 is 0. The number of aryl methyl sites for hydroxylation is 1. The molecule has 0 atom stereocenters. The van der Waals surface area contributed by atoms with Crippen LogP contribution in [0.2, 0.25) is 0 Å². The second-order valence-electron chi connectivity index (χ2n) is 5.78. The number of phenols is 1. The first-order chi connectivity index (χ1) is 11.7. The van der Waals surface area contributed by atoms with E-state index >= 15 is 0 Å². The van der Waals surface area contributed by atoms with Crippen LogP contribution in [-0.2, 0) is 6.42 Å². The molecular formula is C18H23N5O. The largest absolute Gasteiger partial charge is 0.506 e. The fourth-order valence-corrected chi connectivity index (χ4v) is 2.46. The van der Waals surface area contributed by atoms with Gasteiger partial charge in [0.2, 0.25) is 0 Å². The Kier molecular flexibility index (Phi) is 6.96. The van der Waals surface area contributed by atoms with E-state index in [4.69, 9.17) is 5.26 Å². The fourth-order valence-electron chi connectivity index (χ4n) is 2.46. The van der Waals surface area contributed by atoms with Crippen LogP contribution in [0.25, 0.3) is 0 Å². The molecule has 2 N–H and O–H groups in total. The minimum absolute atomic E-state index is 0.0727. The summed E-state index contributed by atoms with van der Waals surface area (Å²) in [6.07, 6.45) is 9.84. The van der Waals surface area contributed by atoms with Gasteiger partial charge in [-0.2, -0.15) is 10.4 Å². The summed E-state index contributed by atoms with van der Waals surface area (Å²) in [4.78, 5) is 0. The summed E-state index contributed by atoms with van der Waals surface area (Å²) in [5.74, 6) is 0.363. The number of nitriles is 1. The lowest BCUT2D eigenvalue weighted by Crippen LogP contribution is -1.86. The number of aromatic amines is 1. The van der Waals surface area contributed by atoms with Crippen LogP contribution in [0.5, 0.6) is 5.75 Å². The molecule has 0 aliphatic rings. The van der Waals surface area contributed by atoms with Crippen molar-refractivity contribution in [1.29, 1.82) is 5.26 Å². The van der Waals surface area contributed by atoms with Crippen LogP contribution < -0.4 is 0 Å². The van der Waals surface area contributed by atoms with Crippen LogP contribution in [0.1, 0.15) is 56.6 Å². The SMILES string of the molecule is CCCCCCCCc1ccc(O)c(/N=N/c2[nH]ncc2C#N)c1. The number of unbranched alkanes of at least 4 members (excludes halogenated alkanes) is 5. The van der Waals surface area contributed by atoms with Crippen molar-refractivity contribution in [3.8, 4) is 11.8 Å². The normalized spacial score (nSPS) is 11.0. The molecule has 0 aliphatic heterocycles. The molecule has 0 fully saturated rings. The number of H-pyrrole nitrogens is 1. The summed E-state index contributed by atoms with van der Waals surface area (Å²) in [5.41, 5.74) is 1.85. The quantitative estimate of drug-likeness (QED) is 0.483. The van der Waals surface area contributed by atoms with Gasteiger partial charge in [-0.3, -0.25) is 5.10 Å². The van der Waals surface area contributed by atoms with Gasteiger partial charge in [0.25, 0.3) is 0 Å². The van der Waals surface area contributed by atoms with E-state index in [2.05, 4.69) is 27.3 Å². The lowest BCUT2D eigenvalue weighted by molar-refractivity contribution is 0.476. The fraction of sp³-hybridized carbons (Fsp3) is 0.444. The van der Waals surface area contributed by atoms with Gasteiger partial charge in [0.05, 0.1) is 6.20 Å². The van der Waals surface area contributed by atoms with E-state index in [-0.39, 0.29) is 5.75 Å². The topological polar surface area (TPSA) is 97.4 Å². The number of phenolic OH excluding ortho intramolecular Hbond substituents is 1. The lowest BCUT2D eigenvalue weighted by Gasteiger charge is -2.04. The number of nitrogens with one attached hydrogen (secondary N) is 1. The zero-order chi connectivity index (χ0) is 17.2. The highest BCUT2D eigenvalue weighted by Crippen LogP contribution is 2.30. The Hall–Kier alpha value is -2.68. The van der Waals surface area contributed by atoms with Gasteiger partial charge in [0, 0.05) is 0 Å². The van der Waals surface area contributed by atoms with Crippen LogP contribution >= 0.6 is 0 Å². The van der Waals surface area contributed by atoms with E-state index in [9.17, 15) is 5.11 Å². The molecule has 0 saturated heterocycles. The van der Waals surface area contributed by atoms with Crippen molar-refractivity contribution in [3.05, 3.63) is 35.5 Å². The van der Waals surface area contributed by atoms with Gasteiger partial charge >= 0.3 is 0 Å². The van der Waals surface area contributed by atoms with Crippen molar-refractivity contribution in [2.24, 2.45) is 10.2 Å². The Morgan fingerprint density at radius 1 is 1.17 bits per heavy atom. The third-order valence-electron chi connectivity index (χ3n) is 3.86. The average Bonchev–Trinajstić information content (AvgIpc) is 3.05. The molecule has 126 valence electrons. The van der Waals surface area contributed by atoms with E-state index in [1.165, 1.54) is 38.3 Å². The molecule has 6 nitrogen and oxygen atoms in total. The molecule has 0 saturated carbocycles. The summed E-state index contributed by atoms with van der Waals surface area (Å²) in [7, 11) is 0. The summed E-state index contributed by atoms with van der Waals surface area (Å²) in [5, 5.41) is 33.2. The summed E-state index contributed by atoms with van der Waals surface area (Å²) < 4.78 is 0. The number of hydrogen-bond acceptors (Lipinski definition) is 5. The lowest BCUT2D eigenvalue weighted by atomic mass is 10.0. The van der Waals surface area contributed by atoms with Crippen LogP contribution in [-0.4, -0.2) is 15.3 Å². The summed E-state index contributed by atoms with van der Waals surface area (Å²) in [6, 6.07) is 7.37. The maximum atomic E-state index is 9.91. The maximum Gasteiger partial charge on any atom is 0.188 e. The van der Waals surface area contributed by atoms with E-state index < -0.39 is 0 Å². The van der Waals surface area contributed by atoms with Gasteiger partial charge in [-0.15, -0.1) is 10.2 Å². The monoisotopic (exact) mass is 325 g/mol. The molecule has 24 heavy (non-hydrogen) atoms. The van der Waals surface area contributed by atoms with Gasteiger partial charge in [-0.1, -0.05) is 45.1 Å². The van der Waals surface area contributed by atoms with Crippen molar-refractivity contribution >= 4 is 11.5 Å². The predicted molar refractivity (Wildman–Crippen MR) is 92.7 cm³/mol. The highest BCUT2D eigenvalue weighted by atomic mass is 16.3. The Balaban J connectivity index is 1.95. The van der Waals surface area contributed by atoms with Gasteiger partial charge in [-0.25, -0.2) is 0 Å². The molecule has 2 rings (SSSR count). The number of nitrogens with zero attached hydrogens (tertiary/aromatic N) is 4. The van der Waals surface area contributed by atoms with E-state index in [1.54, 1.807) is 6.07 Å². The molecule has 6 heteroatoms. The molecule has 0 spiro atoms. The first-order valence-corrected chi connectivity index (χ1v) is 8.41. The first kappa shape index (κ1) is 17.7. The molecule has 2 aromatic rings. The van der Waals surface area contributed by atoms with E-state index in [0.717, 1.165) is 18.4 Å².